The molecule has 0 bridgehead atoms. The van der Waals surface area contributed by atoms with Crippen LogP contribution in [0.1, 0.15) is 25.7 Å². The van der Waals surface area contributed by atoms with E-state index in [1.165, 1.54) is 0 Å². The van der Waals surface area contributed by atoms with E-state index in [0.29, 0.717) is 17.0 Å². The number of para-hydroxylation sites is 1. The second-order valence-electron chi connectivity index (χ2n) is 7.96. The molecule has 0 spiro atoms. The van der Waals surface area contributed by atoms with Gasteiger partial charge in [0.2, 0.25) is 5.91 Å². The smallest absolute Gasteiger partial charge is 0.225 e. The normalized spacial score (nSPS) is 17.5. The van der Waals surface area contributed by atoms with Gasteiger partial charge < -0.3 is 9.64 Å². The second-order valence-corrected chi connectivity index (χ2v) is 8.32. The number of ether oxygens (including phenoxy) is 1. The van der Waals surface area contributed by atoms with Crippen molar-refractivity contribution in [3.05, 3.63) is 59.8 Å². The molecule has 5 heteroatoms. The molecule has 3 aromatic rings. The summed E-state index contributed by atoms with van der Waals surface area (Å²) in [6, 6.07) is 18.1. The largest absolute Gasteiger partial charge is 0.490 e. The van der Waals surface area contributed by atoms with Gasteiger partial charge >= 0.3 is 0 Å². The van der Waals surface area contributed by atoms with Gasteiger partial charge in [-0.1, -0.05) is 41.9 Å². The Labute approximate surface area is 175 Å². The van der Waals surface area contributed by atoms with Crippen molar-refractivity contribution < 1.29 is 9.53 Å². The fourth-order valence-electron chi connectivity index (χ4n) is 3.98. The zero-order valence-corrected chi connectivity index (χ0v) is 16.9. The first-order chi connectivity index (χ1) is 14.2. The van der Waals surface area contributed by atoms with Crippen LogP contribution in [0.25, 0.3) is 22.0 Å². The number of halogens is 1. The number of amides is 1. The van der Waals surface area contributed by atoms with Gasteiger partial charge in [0, 0.05) is 42.8 Å². The molecule has 2 aliphatic rings. The van der Waals surface area contributed by atoms with Crippen molar-refractivity contribution in [2.24, 2.45) is 5.92 Å². The quantitative estimate of drug-likeness (QED) is 0.549. The molecule has 148 valence electrons. The molecule has 2 aromatic carbocycles. The summed E-state index contributed by atoms with van der Waals surface area (Å²) < 4.78 is 6.16. The van der Waals surface area contributed by atoms with E-state index in [0.717, 1.165) is 66.6 Å². The highest BCUT2D eigenvalue weighted by Crippen LogP contribution is 2.33. The SMILES string of the molecule is O=C(C1CC1)N1CCC(Oc2ccc(-c3cc4ccccc4nc3Cl)cc2)CC1. The zero-order valence-electron chi connectivity index (χ0n) is 16.2. The zero-order chi connectivity index (χ0) is 19.8. The van der Waals surface area contributed by atoms with E-state index < -0.39 is 0 Å². The van der Waals surface area contributed by atoms with Gasteiger partial charge in [0.1, 0.15) is 17.0 Å². The molecular weight excluding hydrogens is 384 g/mol. The Kier molecular flexibility index (Phi) is 4.88. The van der Waals surface area contributed by atoms with Crippen LogP contribution in [0.5, 0.6) is 5.75 Å². The van der Waals surface area contributed by atoms with Crippen LogP contribution in [0.4, 0.5) is 0 Å². The van der Waals surface area contributed by atoms with Crippen LogP contribution in [-0.4, -0.2) is 35.0 Å². The molecule has 1 saturated heterocycles. The lowest BCUT2D eigenvalue weighted by Gasteiger charge is -2.32. The third kappa shape index (κ3) is 3.95. The molecule has 1 aromatic heterocycles. The molecule has 1 amide bonds. The first-order valence-electron chi connectivity index (χ1n) is 10.3. The molecule has 0 atom stereocenters. The lowest BCUT2D eigenvalue weighted by molar-refractivity contribution is -0.134. The minimum absolute atomic E-state index is 0.162. The van der Waals surface area contributed by atoms with Crippen molar-refractivity contribution in [3.63, 3.8) is 0 Å². The number of carbonyl (C=O) groups excluding carboxylic acids is 1. The third-order valence-electron chi connectivity index (χ3n) is 5.83. The molecule has 5 rings (SSSR count). The lowest BCUT2D eigenvalue weighted by atomic mass is 10.0. The molecule has 29 heavy (non-hydrogen) atoms. The van der Waals surface area contributed by atoms with Gasteiger partial charge in [-0.3, -0.25) is 4.79 Å². The summed E-state index contributed by atoms with van der Waals surface area (Å²) in [4.78, 5) is 18.7. The number of pyridine rings is 1. The Morgan fingerprint density at radius 3 is 2.45 bits per heavy atom. The summed E-state index contributed by atoms with van der Waals surface area (Å²) in [7, 11) is 0. The number of aromatic nitrogens is 1. The van der Waals surface area contributed by atoms with E-state index in [-0.39, 0.29) is 6.10 Å². The minimum atomic E-state index is 0.162. The fraction of sp³-hybridized carbons (Fsp3) is 0.333. The molecule has 2 fully saturated rings. The van der Waals surface area contributed by atoms with Crippen molar-refractivity contribution in [2.45, 2.75) is 31.8 Å². The van der Waals surface area contributed by atoms with Gasteiger partial charge in [0.25, 0.3) is 0 Å². The minimum Gasteiger partial charge on any atom is -0.490 e. The molecule has 0 unspecified atom stereocenters. The summed E-state index contributed by atoms with van der Waals surface area (Å²) in [6.07, 6.45) is 4.08. The number of hydrogen-bond acceptors (Lipinski definition) is 3. The summed E-state index contributed by atoms with van der Waals surface area (Å²) in [5.74, 6) is 1.50. The van der Waals surface area contributed by atoms with Crippen LogP contribution < -0.4 is 4.74 Å². The predicted octanol–water partition coefficient (Wildman–Crippen LogP) is 5.34. The fourth-order valence-corrected chi connectivity index (χ4v) is 4.24. The van der Waals surface area contributed by atoms with E-state index in [1.54, 1.807) is 0 Å². The molecular formula is C24H23ClN2O2. The van der Waals surface area contributed by atoms with E-state index in [2.05, 4.69) is 11.1 Å². The third-order valence-corrected chi connectivity index (χ3v) is 6.11. The number of rotatable bonds is 4. The van der Waals surface area contributed by atoms with Gasteiger partial charge in [-0.25, -0.2) is 4.98 Å². The maximum absolute atomic E-state index is 12.2. The maximum Gasteiger partial charge on any atom is 0.225 e. The van der Waals surface area contributed by atoms with Gasteiger partial charge in [-0.2, -0.15) is 0 Å². The number of piperidine rings is 1. The Balaban J connectivity index is 1.25. The van der Waals surface area contributed by atoms with Crippen LogP contribution >= 0.6 is 11.6 Å². The predicted molar refractivity (Wildman–Crippen MR) is 115 cm³/mol. The molecule has 0 radical (unpaired) electrons. The lowest BCUT2D eigenvalue weighted by Crippen LogP contribution is -2.42. The number of fused-ring (bicyclic) bond motifs is 1. The first kappa shape index (κ1) is 18.4. The molecule has 1 aliphatic heterocycles. The highest BCUT2D eigenvalue weighted by molar-refractivity contribution is 6.32. The van der Waals surface area contributed by atoms with Gasteiger partial charge in [0.15, 0.2) is 0 Å². The highest BCUT2D eigenvalue weighted by atomic mass is 35.5. The monoisotopic (exact) mass is 406 g/mol. The van der Waals surface area contributed by atoms with Crippen LogP contribution in [0.15, 0.2) is 54.6 Å². The standard InChI is InChI=1S/C24H23ClN2O2/c25-23-21(15-18-3-1-2-4-22(18)26-23)16-7-9-19(10-8-16)29-20-11-13-27(14-12-20)24(28)17-5-6-17/h1-4,7-10,15,17,20H,5-6,11-14H2. The highest BCUT2D eigenvalue weighted by Gasteiger charge is 2.35. The van der Waals surface area contributed by atoms with E-state index in [1.807, 2.05) is 53.4 Å². The average Bonchev–Trinajstić information content (AvgIpc) is 3.59. The average molecular weight is 407 g/mol. The number of nitrogens with zero attached hydrogens (tertiary/aromatic N) is 2. The van der Waals surface area contributed by atoms with Crippen molar-refractivity contribution in [1.82, 2.24) is 9.88 Å². The van der Waals surface area contributed by atoms with E-state index in [9.17, 15) is 4.79 Å². The number of benzene rings is 2. The number of carbonyl (C=O) groups is 1. The molecule has 1 saturated carbocycles. The number of hydrogen-bond donors (Lipinski definition) is 0. The van der Waals surface area contributed by atoms with Gasteiger partial charge in [0.05, 0.1) is 5.52 Å². The summed E-state index contributed by atoms with van der Waals surface area (Å²) in [5.41, 5.74) is 2.84. The Bertz CT molecular complexity index is 1040. The van der Waals surface area contributed by atoms with E-state index >= 15 is 0 Å². The summed E-state index contributed by atoms with van der Waals surface area (Å²) in [6.45, 7) is 1.60. The van der Waals surface area contributed by atoms with Crippen molar-refractivity contribution in [1.29, 1.82) is 0 Å². The Hall–Kier alpha value is -2.59. The van der Waals surface area contributed by atoms with Crippen molar-refractivity contribution >= 4 is 28.4 Å². The van der Waals surface area contributed by atoms with Crippen molar-refractivity contribution in [3.8, 4) is 16.9 Å². The van der Waals surface area contributed by atoms with Gasteiger partial charge in [-0.15, -0.1) is 0 Å². The molecule has 4 nitrogen and oxygen atoms in total. The topological polar surface area (TPSA) is 42.4 Å². The van der Waals surface area contributed by atoms with Crippen LogP contribution in [0, 0.1) is 5.92 Å². The van der Waals surface area contributed by atoms with E-state index in [4.69, 9.17) is 16.3 Å². The summed E-state index contributed by atoms with van der Waals surface area (Å²) >= 11 is 6.42. The Morgan fingerprint density at radius 2 is 1.72 bits per heavy atom. The molecule has 1 aliphatic carbocycles. The molecule has 0 N–H and O–H groups in total. The first-order valence-corrected chi connectivity index (χ1v) is 10.7. The molecule has 2 heterocycles. The number of likely N-dealkylation sites (tertiary alicyclic amines) is 1. The second kappa shape index (κ2) is 7.68. The van der Waals surface area contributed by atoms with Gasteiger partial charge in [-0.05, 0) is 42.7 Å². The summed E-state index contributed by atoms with van der Waals surface area (Å²) in [5, 5.41) is 1.57. The van der Waals surface area contributed by atoms with Crippen molar-refractivity contribution in [2.75, 3.05) is 13.1 Å². The Morgan fingerprint density at radius 1 is 1.00 bits per heavy atom. The van der Waals surface area contributed by atoms with Crippen LogP contribution in [-0.2, 0) is 4.79 Å². The van der Waals surface area contributed by atoms with Crippen LogP contribution in [0.3, 0.4) is 0 Å². The van der Waals surface area contributed by atoms with Crippen LogP contribution in [0.2, 0.25) is 5.15 Å². The maximum atomic E-state index is 12.2.